The summed E-state index contributed by atoms with van der Waals surface area (Å²) in [5.74, 6) is 0. The van der Waals surface area contributed by atoms with Gasteiger partial charge < -0.3 is 10.6 Å². The largest absolute Gasteiger partial charge is 0.367 e. The highest BCUT2D eigenvalue weighted by Crippen LogP contribution is 2.27. The van der Waals surface area contributed by atoms with Gasteiger partial charge in [-0.2, -0.15) is 0 Å². The van der Waals surface area contributed by atoms with Crippen molar-refractivity contribution in [1.29, 1.82) is 0 Å². The molecule has 2 nitrogen and oxygen atoms in total. The van der Waals surface area contributed by atoms with Gasteiger partial charge in [0.05, 0.1) is 6.54 Å². The van der Waals surface area contributed by atoms with Gasteiger partial charge in [0.1, 0.15) is 0 Å². The summed E-state index contributed by atoms with van der Waals surface area (Å²) in [5.41, 5.74) is 8.61. The van der Waals surface area contributed by atoms with E-state index in [2.05, 4.69) is 70.4 Å². The molecule has 1 aromatic carbocycles. The smallest absolute Gasteiger partial charge is 0.0522 e. The van der Waals surface area contributed by atoms with Crippen LogP contribution in [0, 0.1) is 0 Å². The molecule has 2 N–H and O–H groups in total. The zero-order valence-electron chi connectivity index (χ0n) is 12.7. The highest BCUT2D eigenvalue weighted by atomic mass is 79.9. The van der Waals surface area contributed by atoms with Crippen molar-refractivity contribution in [1.82, 2.24) is 0 Å². The molecule has 1 aromatic heterocycles. The molecule has 0 amide bonds. The van der Waals surface area contributed by atoms with Crippen LogP contribution < -0.4 is 10.6 Å². The molecule has 0 aliphatic rings. The van der Waals surface area contributed by atoms with Crippen LogP contribution in [0.15, 0.2) is 40.2 Å². The Labute approximate surface area is 140 Å². The lowest BCUT2D eigenvalue weighted by Gasteiger charge is -2.23. The van der Waals surface area contributed by atoms with Crippen molar-refractivity contribution in [3.05, 3.63) is 50.6 Å². The van der Waals surface area contributed by atoms with E-state index in [4.69, 9.17) is 5.73 Å². The quantitative estimate of drug-likeness (QED) is 0.760. The van der Waals surface area contributed by atoms with Crippen LogP contribution in [0.1, 0.15) is 30.7 Å². The van der Waals surface area contributed by atoms with Crippen molar-refractivity contribution in [2.45, 2.75) is 39.3 Å². The molecule has 1 atom stereocenters. The molecule has 2 aromatic rings. The minimum atomic E-state index is 0.237. The minimum Gasteiger partial charge on any atom is -0.367 e. The molecule has 114 valence electrons. The van der Waals surface area contributed by atoms with Gasteiger partial charge >= 0.3 is 0 Å². The number of nitrogens with two attached hydrogens (primary N) is 1. The summed E-state index contributed by atoms with van der Waals surface area (Å²) in [6.07, 6.45) is 1.93. The summed E-state index contributed by atoms with van der Waals surface area (Å²) in [7, 11) is 0. The summed E-state index contributed by atoms with van der Waals surface area (Å²) in [5, 5.41) is 2.13. The van der Waals surface area contributed by atoms with Gasteiger partial charge in [0.15, 0.2) is 0 Å². The zero-order valence-corrected chi connectivity index (χ0v) is 15.1. The Morgan fingerprint density at radius 1 is 1.29 bits per heavy atom. The Hall–Kier alpha value is -0.840. The summed E-state index contributed by atoms with van der Waals surface area (Å²) in [6, 6.07) is 11.2. The highest BCUT2D eigenvalue weighted by Gasteiger charge is 2.10. The maximum atomic E-state index is 6.06. The van der Waals surface area contributed by atoms with E-state index in [0.717, 1.165) is 30.4 Å². The average Bonchev–Trinajstić information content (AvgIpc) is 2.99. The first kappa shape index (κ1) is 16.5. The van der Waals surface area contributed by atoms with Gasteiger partial charge in [0.2, 0.25) is 0 Å². The number of benzene rings is 1. The molecule has 0 bridgehead atoms. The van der Waals surface area contributed by atoms with Gasteiger partial charge in [0, 0.05) is 27.6 Å². The topological polar surface area (TPSA) is 29.3 Å². The zero-order chi connectivity index (χ0) is 15.2. The van der Waals surface area contributed by atoms with E-state index in [1.54, 1.807) is 0 Å². The normalized spacial score (nSPS) is 12.4. The standard InChI is InChI=1S/C17H23BrN2S/c1-3-14(19)10-13-7-8-15(11-17(13)18)20(4-2)12-16-6-5-9-21-16/h5-9,11,14H,3-4,10,12,19H2,1-2H3. The Balaban J connectivity index is 2.13. The molecular formula is C17H23BrN2S. The molecule has 0 saturated heterocycles. The first-order valence-electron chi connectivity index (χ1n) is 7.45. The molecular weight excluding hydrogens is 344 g/mol. The van der Waals surface area contributed by atoms with Gasteiger partial charge in [-0.05, 0) is 48.9 Å². The Morgan fingerprint density at radius 3 is 2.67 bits per heavy atom. The molecule has 0 spiro atoms. The van der Waals surface area contributed by atoms with Crippen molar-refractivity contribution in [3.63, 3.8) is 0 Å². The third kappa shape index (κ3) is 4.56. The first-order chi connectivity index (χ1) is 10.1. The molecule has 1 heterocycles. The van der Waals surface area contributed by atoms with E-state index in [-0.39, 0.29) is 6.04 Å². The molecule has 0 aliphatic carbocycles. The number of thiophene rings is 1. The lowest BCUT2D eigenvalue weighted by atomic mass is 10.0. The maximum absolute atomic E-state index is 6.06. The SMILES string of the molecule is CCC(N)Cc1ccc(N(CC)Cc2cccs2)cc1Br. The van der Waals surface area contributed by atoms with Crippen molar-refractivity contribution < 1.29 is 0 Å². The number of anilines is 1. The van der Waals surface area contributed by atoms with Gasteiger partial charge in [-0.15, -0.1) is 11.3 Å². The molecule has 0 radical (unpaired) electrons. The molecule has 4 heteroatoms. The lowest BCUT2D eigenvalue weighted by Crippen LogP contribution is -2.23. The molecule has 2 rings (SSSR count). The fraction of sp³-hybridized carbons (Fsp3) is 0.412. The van der Waals surface area contributed by atoms with Crippen molar-refractivity contribution in [3.8, 4) is 0 Å². The number of halogens is 1. The highest BCUT2D eigenvalue weighted by molar-refractivity contribution is 9.10. The number of hydrogen-bond acceptors (Lipinski definition) is 3. The Kier molecular flexibility index (Phi) is 6.27. The number of hydrogen-bond donors (Lipinski definition) is 1. The van der Waals surface area contributed by atoms with E-state index in [0.29, 0.717) is 0 Å². The second kappa shape index (κ2) is 7.97. The lowest BCUT2D eigenvalue weighted by molar-refractivity contribution is 0.645. The summed E-state index contributed by atoms with van der Waals surface area (Å²) in [6.45, 7) is 6.29. The molecule has 1 unspecified atom stereocenters. The van der Waals surface area contributed by atoms with Crippen LogP contribution in [-0.4, -0.2) is 12.6 Å². The molecule has 0 fully saturated rings. The van der Waals surface area contributed by atoms with Crippen LogP contribution in [0.5, 0.6) is 0 Å². The molecule has 21 heavy (non-hydrogen) atoms. The second-order valence-corrected chi connectivity index (χ2v) is 7.13. The minimum absolute atomic E-state index is 0.237. The average molecular weight is 367 g/mol. The van der Waals surface area contributed by atoms with Crippen LogP contribution in [0.2, 0.25) is 0 Å². The fourth-order valence-electron chi connectivity index (χ4n) is 2.30. The van der Waals surface area contributed by atoms with Crippen molar-refractivity contribution in [2.24, 2.45) is 5.73 Å². The van der Waals surface area contributed by atoms with E-state index >= 15 is 0 Å². The number of nitrogens with zero attached hydrogens (tertiary/aromatic N) is 1. The second-order valence-electron chi connectivity index (χ2n) is 5.24. The predicted octanol–water partition coefficient (Wildman–Crippen LogP) is 4.82. The van der Waals surface area contributed by atoms with Crippen LogP contribution in [0.3, 0.4) is 0 Å². The summed E-state index contributed by atoms with van der Waals surface area (Å²) >= 11 is 5.51. The van der Waals surface area contributed by atoms with Gasteiger partial charge in [0.25, 0.3) is 0 Å². The number of rotatable bonds is 7. The first-order valence-corrected chi connectivity index (χ1v) is 9.12. The monoisotopic (exact) mass is 366 g/mol. The van der Waals surface area contributed by atoms with Crippen molar-refractivity contribution >= 4 is 33.0 Å². The third-order valence-electron chi connectivity index (χ3n) is 3.72. The van der Waals surface area contributed by atoms with Gasteiger partial charge in [-0.1, -0.05) is 35.0 Å². The van der Waals surface area contributed by atoms with Crippen LogP contribution in [-0.2, 0) is 13.0 Å². The van der Waals surface area contributed by atoms with E-state index in [1.807, 2.05) is 11.3 Å². The van der Waals surface area contributed by atoms with Crippen LogP contribution >= 0.6 is 27.3 Å². The van der Waals surface area contributed by atoms with Crippen LogP contribution in [0.25, 0.3) is 0 Å². The summed E-state index contributed by atoms with van der Waals surface area (Å²) in [4.78, 5) is 3.78. The van der Waals surface area contributed by atoms with Crippen LogP contribution in [0.4, 0.5) is 5.69 Å². The van der Waals surface area contributed by atoms with E-state index in [1.165, 1.54) is 16.1 Å². The Bertz CT molecular complexity index is 554. The van der Waals surface area contributed by atoms with Gasteiger partial charge in [-0.25, -0.2) is 0 Å². The fourth-order valence-corrected chi connectivity index (χ4v) is 3.55. The Morgan fingerprint density at radius 2 is 2.10 bits per heavy atom. The predicted molar refractivity (Wildman–Crippen MR) is 97.2 cm³/mol. The third-order valence-corrected chi connectivity index (χ3v) is 5.32. The molecule has 0 saturated carbocycles. The summed E-state index contributed by atoms with van der Waals surface area (Å²) < 4.78 is 1.16. The maximum Gasteiger partial charge on any atom is 0.0522 e. The van der Waals surface area contributed by atoms with Crippen molar-refractivity contribution in [2.75, 3.05) is 11.4 Å². The van der Waals surface area contributed by atoms with E-state index < -0.39 is 0 Å². The van der Waals surface area contributed by atoms with Gasteiger partial charge in [-0.3, -0.25) is 0 Å². The van der Waals surface area contributed by atoms with E-state index in [9.17, 15) is 0 Å². The molecule has 0 aliphatic heterocycles.